The van der Waals surface area contributed by atoms with E-state index >= 15 is 0 Å². The Hall–Kier alpha value is -0.380. The average Bonchev–Trinajstić information content (AvgIpc) is 3.25. The molecule has 1 aliphatic carbocycles. The highest BCUT2D eigenvalue weighted by Gasteiger charge is 2.19. The summed E-state index contributed by atoms with van der Waals surface area (Å²) in [6.07, 6.45) is 7.69. The van der Waals surface area contributed by atoms with Gasteiger partial charge in [-0.05, 0) is 68.8 Å². The number of rotatable bonds is 10. The van der Waals surface area contributed by atoms with Gasteiger partial charge in [0, 0.05) is 17.1 Å². The van der Waals surface area contributed by atoms with Crippen molar-refractivity contribution in [1.29, 1.82) is 0 Å². The highest BCUT2D eigenvalue weighted by Crippen LogP contribution is 2.21. The fraction of sp³-hybridized carbons (Fsp3) is 0.647. The normalized spacial score (nSPS) is 14.7. The van der Waals surface area contributed by atoms with Crippen LogP contribution in [-0.4, -0.2) is 19.1 Å². The molecule has 0 bridgehead atoms. The number of unbranched alkanes of at least 4 members (excludes halogenated alkanes) is 1. The minimum atomic E-state index is 0.844. The van der Waals surface area contributed by atoms with Crippen molar-refractivity contribution in [3.8, 4) is 0 Å². The summed E-state index contributed by atoms with van der Waals surface area (Å²) in [5.41, 5.74) is 2.81. The molecule has 20 heavy (non-hydrogen) atoms. The summed E-state index contributed by atoms with van der Waals surface area (Å²) in [7, 11) is 0. The third-order valence-corrected chi connectivity index (χ3v) is 4.49. The van der Waals surface area contributed by atoms with Gasteiger partial charge in [-0.1, -0.05) is 35.0 Å². The quantitative estimate of drug-likeness (QED) is 0.629. The number of nitrogens with one attached hydrogen (secondary N) is 2. The lowest BCUT2D eigenvalue weighted by Gasteiger charge is -2.09. The van der Waals surface area contributed by atoms with Gasteiger partial charge in [-0.15, -0.1) is 0 Å². The Labute approximate surface area is 131 Å². The zero-order valence-corrected chi connectivity index (χ0v) is 14.1. The van der Waals surface area contributed by atoms with Crippen LogP contribution in [0.4, 0.5) is 0 Å². The van der Waals surface area contributed by atoms with Crippen LogP contribution in [0.2, 0.25) is 0 Å². The maximum Gasteiger partial charge on any atom is 0.0210 e. The molecule has 1 aromatic carbocycles. The Morgan fingerprint density at radius 1 is 1.20 bits per heavy atom. The Morgan fingerprint density at radius 2 is 2.05 bits per heavy atom. The zero-order chi connectivity index (χ0) is 14.2. The second kappa shape index (κ2) is 8.81. The molecule has 1 aromatic rings. The zero-order valence-electron chi connectivity index (χ0n) is 12.6. The molecule has 1 aliphatic rings. The van der Waals surface area contributed by atoms with E-state index in [9.17, 15) is 0 Å². The predicted molar refractivity (Wildman–Crippen MR) is 90.1 cm³/mol. The van der Waals surface area contributed by atoms with Crippen LogP contribution in [0.15, 0.2) is 22.7 Å². The van der Waals surface area contributed by atoms with Crippen molar-refractivity contribution < 1.29 is 0 Å². The molecule has 2 rings (SSSR count). The molecule has 0 aromatic heterocycles. The van der Waals surface area contributed by atoms with Crippen LogP contribution in [0.25, 0.3) is 0 Å². The molecule has 0 unspecified atom stereocenters. The molecule has 0 heterocycles. The minimum absolute atomic E-state index is 0.844. The lowest BCUT2D eigenvalue weighted by Crippen LogP contribution is -2.17. The molecule has 3 heteroatoms. The van der Waals surface area contributed by atoms with E-state index in [1.165, 1.54) is 60.7 Å². The van der Waals surface area contributed by atoms with E-state index in [4.69, 9.17) is 0 Å². The van der Waals surface area contributed by atoms with E-state index in [0.717, 1.165) is 19.1 Å². The van der Waals surface area contributed by atoms with Crippen molar-refractivity contribution in [3.05, 3.63) is 33.8 Å². The molecule has 0 amide bonds. The first-order valence-corrected chi connectivity index (χ1v) is 8.80. The van der Waals surface area contributed by atoms with Crippen LogP contribution in [0.3, 0.4) is 0 Å². The summed E-state index contributed by atoms with van der Waals surface area (Å²) in [4.78, 5) is 0. The molecule has 0 aliphatic heterocycles. The Bertz CT molecular complexity index is 402. The van der Waals surface area contributed by atoms with Gasteiger partial charge in [-0.3, -0.25) is 0 Å². The molecule has 2 N–H and O–H groups in total. The third-order valence-electron chi connectivity index (χ3n) is 3.76. The monoisotopic (exact) mass is 338 g/mol. The summed E-state index contributed by atoms with van der Waals surface area (Å²) >= 11 is 3.72. The molecule has 0 radical (unpaired) electrons. The molecule has 112 valence electrons. The predicted octanol–water partition coefficient (Wildman–Crippen LogP) is 4.02. The smallest absolute Gasteiger partial charge is 0.0210 e. The summed E-state index contributed by atoms with van der Waals surface area (Å²) < 4.78 is 1.27. The highest BCUT2D eigenvalue weighted by atomic mass is 79.9. The Morgan fingerprint density at radius 3 is 2.75 bits per heavy atom. The lowest BCUT2D eigenvalue weighted by molar-refractivity contribution is 0.619. The van der Waals surface area contributed by atoms with Gasteiger partial charge in [-0.2, -0.15) is 0 Å². The molecule has 1 saturated carbocycles. The van der Waals surface area contributed by atoms with Crippen LogP contribution in [-0.2, 0) is 13.0 Å². The SMILES string of the molecule is CCCNCc1ccc(CCCCNC2CC2)c(Br)c1. The summed E-state index contributed by atoms with van der Waals surface area (Å²) in [6.45, 7) is 5.44. The van der Waals surface area contributed by atoms with E-state index < -0.39 is 0 Å². The molecule has 0 saturated heterocycles. The Balaban J connectivity index is 1.67. The number of benzene rings is 1. The van der Waals surface area contributed by atoms with Gasteiger partial charge in [0.25, 0.3) is 0 Å². The van der Waals surface area contributed by atoms with Crippen molar-refractivity contribution >= 4 is 15.9 Å². The van der Waals surface area contributed by atoms with Crippen LogP contribution in [0.5, 0.6) is 0 Å². The van der Waals surface area contributed by atoms with Gasteiger partial charge in [-0.25, -0.2) is 0 Å². The number of hydrogen-bond donors (Lipinski definition) is 2. The summed E-state index contributed by atoms with van der Waals surface area (Å²) in [5, 5.41) is 7.02. The van der Waals surface area contributed by atoms with E-state index in [2.05, 4.69) is 51.7 Å². The average molecular weight is 339 g/mol. The van der Waals surface area contributed by atoms with E-state index in [-0.39, 0.29) is 0 Å². The van der Waals surface area contributed by atoms with Crippen LogP contribution in [0.1, 0.15) is 50.2 Å². The highest BCUT2D eigenvalue weighted by molar-refractivity contribution is 9.10. The maximum atomic E-state index is 3.72. The maximum absolute atomic E-state index is 3.72. The second-order valence-electron chi connectivity index (χ2n) is 5.79. The molecule has 0 spiro atoms. The third kappa shape index (κ3) is 5.94. The number of halogens is 1. The van der Waals surface area contributed by atoms with E-state index in [1.807, 2.05) is 0 Å². The lowest BCUT2D eigenvalue weighted by atomic mass is 10.1. The van der Waals surface area contributed by atoms with Crippen molar-refractivity contribution in [3.63, 3.8) is 0 Å². The Kier molecular flexibility index (Phi) is 7.05. The fourth-order valence-corrected chi connectivity index (χ4v) is 2.97. The van der Waals surface area contributed by atoms with Gasteiger partial charge < -0.3 is 10.6 Å². The van der Waals surface area contributed by atoms with Gasteiger partial charge in [0.2, 0.25) is 0 Å². The van der Waals surface area contributed by atoms with Crippen molar-refractivity contribution in [2.45, 2.75) is 58.0 Å². The van der Waals surface area contributed by atoms with Gasteiger partial charge in [0.05, 0.1) is 0 Å². The fourth-order valence-electron chi connectivity index (χ4n) is 2.35. The first kappa shape index (κ1) is 16.0. The van der Waals surface area contributed by atoms with E-state index in [0.29, 0.717) is 0 Å². The molecule has 0 atom stereocenters. The second-order valence-corrected chi connectivity index (χ2v) is 6.64. The molecule has 1 fully saturated rings. The van der Waals surface area contributed by atoms with Crippen molar-refractivity contribution in [2.24, 2.45) is 0 Å². The van der Waals surface area contributed by atoms with Crippen LogP contribution < -0.4 is 10.6 Å². The number of aryl methyl sites for hydroxylation is 1. The topological polar surface area (TPSA) is 24.1 Å². The van der Waals surface area contributed by atoms with Gasteiger partial charge in [0.1, 0.15) is 0 Å². The van der Waals surface area contributed by atoms with Crippen LogP contribution in [0, 0.1) is 0 Å². The van der Waals surface area contributed by atoms with Crippen molar-refractivity contribution in [2.75, 3.05) is 13.1 Å². The molecule has 2 nitrogen and oxygen atoms in total. The van der Waals surface area contributed by atoms with Crippen LogP contribution >= 0.6 is 15.9 Å². The molecular weight excluding hydrogens is 312 g/mol. The van der Waals surface area contributed by atoms with Gasteiger partial charge in [0.15, 0.2) is 0 Å². The largest absolute Gasteiger partial charge is 0.314 e. The summed E-state index contributed by atoms with van der Waals surface area (Å²) in [6, 6.07) is 7.64. The first-order valence-electron chi connectivity index (χ1n) is 8.01. The van der Waals surface area contributed by atoms with Gasteiger partial charge >= 0.3 is 0 Å². The number of hydrogen-bond acceptors (Lipinski definition) is 2. The first-order chi connectivity index (χ1) is 9.79. The minimum Gasteiger partial charge on any atom is -0.314 e. The molecular formula is C17H27BrN2. The van der Waals surface area contributed by atoms with Crippen molar-refractivity contribution in [1.82, 2.24) is 10.6 Å². The standard InChI is InChI=1S/C17H27BrN2/c1-2-10-19-13-14-6-7-15(17(18)12-14)5-3-4-11-20-16-8-9-16/h6-7,12,16,19-20H,2-5,8-11,13H2,1H3. The summed E-state index contributed by atoms with van der Waals surface area (Å²) in [5.74, 6) is 0. The van der Waals surface area contributed by atoms with E-state index in [1.54, 1.807) is 0 Å².